The van der Waals surface area contributed by atoms with E-state index in [0.29, 0.717) is 12.2 Å². The van der Waals surface area contributed by atoms with Gasteiger partial charge < -0.3 is 9.15 Å². The monoisotopic (exact) mass is 256 g/mol. The minimum absolute atomic E-state index is 0.153. The van der Waals surface area contributed by atoms with Crippen molar-refractivity contribution in [2.45, 2.75) is 26.2 Å². The minimum atomic E-state index is -0.267. The Morgan fingerprint density at radius 2 is 2.05 bits per heavy atom. The van der Waals surface area contributed by atoms with Gasteiger partial charge in [-0.3, -0.25) is 4.79 Å². The van der Waals surface area contributed by atoms with E-state index in [2.05, 4.69) is 0 Å². The SMILES string of the molecule is CC1(C(=O)Oc2coc(Cc3ccccc3)c2)CC1. The molecule has 1 aromatic carbocycles. The molecule has 19 heavy (non-hydrogen) atoms. The van der Waals surface area contributed by atoms with Gasteiger partial charge in [0.2, 0.25) is 0 Å². The minimum Gasteiger partial charge on any atom is -0.465 e. The van der Waals surface area contributed by atoms with Gasteiger partial charge in [0.15, 0.2) is 5.75 Å². The maximum Gasteiger partial charge on any atom is 0.317 e. The normalized spacial score (nSPS) is 16.1. The number of ether oxygens (including phenoxy) is 1. The second kappa shape index (κ2) is 4.57. The van der Waals surface area contributed by atoms with E-state index in [4.69, 9.17) is 9.15 Å². The van der Waals surface area contributed by atoms with Crippen LogP contribution in [0.15, 0.2) is 47.1 Å². The first-order valence-electron chi connectivity index (χ1n) is 6.49. The fourth-order valence-corrected chi connectivity index (χ4v) is 1.93. The van der Waals surface area contributed by atoms with Crippen LogP contribution in [0.1, 0.15) is 31.1 Å². The van der Waals surface area contributed by atoms with Crippen LogP contribution in [0, 0.1) is 5.41 Å². The van der Waals surface area contributed by atoms with Gasteiger partial charge in [-0.25, -0.2) is 0 Å². The lowest BCUT2D eigenvalue weighted by atomic mass is 10.1. The van der Waals surface area contributed by atoms with E-state index in [9.17, 15) is 4.79 Å². The van der Waals surface area contributed by atoms with Gasteiger partial charge in [0.25, 0.3) is 0 Å². The van der Waals surface area contributed by atoms with Crippen LogP contribution in [0.25, 0.3) is 0 Å². The van der Waals surface area contributed by atoms with Crippen LogP contribution in [-0.2, 0) is 11.2 Å². The van der Waals surface area contributed by atoms with E-state index in [-0.39, 0.29) is 11.4 Å². The van der Waals surface area contributed by atoms with Crippen molar-refractivity contribution in [2.75, 3.05) is 0 Å². The number of carbonyl (C=O) groups is 1. The Morgan fingerprint density at radius 3 is 2.74 bits per heavy atom. The van der Waals surface area contributed by atoms with Gasteiger partial charge in [0.05, 0.1) is 5.41 Å². The Balaban J connectivity index is 1.65. The fourth-order valence-electron chi connectivity index (χ4n) is 1.93. The predicted octanol–water partition coefficient (Wildman–Crippen LogP) is 3.58. The van der Waals surface area contributed by atoms with E-state index < -0.39 is 0 Å². The Hall–Kier alpha value is -2.03. The first kappa shape index (κ1) is 12.0. The second-order valence-electron chi connectivity index (χ2n) is 5.36. The molecule has 0 atom stereocenters. The van der Waals surface area contributed by atoms with Crippen LogP contribution < -0.4 is 4.74 Å². The molecule has 1 aromatic heterocycles. The largest absolute Gasteiger partial charge is 0.465 e. The zero-order valence-corrected chi connectivity index (χ0v) is 10.9. The molecule has 0 saturated heterocycles. The number of furan rings is 1. The van der Waals surface area contributed by atoms with Crippen molar-refractivity contribution >= 4 is 5.97 Å². The van der Waals surface area contributed by atoms with Gasteiger partial charge in [-0.15, -0.1) is 0 Å². The molecule has 2 aromatic rings. The molecular formula is C16H16O3. The quantitative estimate of drug-likeness (QED) is 0.785. The van der Waals surface area contributed by atoms with Crippen LogP contribution >= 0.6 is 0 Å². The molecule has 3 heteroatoms. The molecule has 1 aliphatic carbocycles. The summed E-state index contributed by atoms with van der Waals surface area (Å²) in [4.78, 5) is 11.8. The van der Waals surface area contributed by atoms with Crippen LogP contribution in [0.3, 0.4) is 0 Å². The summed E-state index contributed by atoms with van der Waals surface area (Å²) in [5, 5.41) is 0. The standard InChI is InChI=1S/C16H16O3/c1-16(7-8-16)15(17)19-14-10-13(18-11-14)9-12-5-3-2-4-6-12/h2-6,10-11H,7-9H2,1H3. The number of esters is 1. The van der Waals surface area contributed by atoms with Crippen LogP contribution in [0.2, 0.25) is 0 Å². The Bertz CT molecular complexity index is 579. The molecule has 0 spiro atoms. The topological polar surface area (TPSA) is 39.4 Å². The summed E-state index contributed by atoms with van der Waals surface area (Å²) in [7, 11) is 0. The average molecular weight is 256 g/mol. The van der Waals surface area contributed by atoms with Crippen molar-refractivity contribution in [3.8, 4) is 5.75 Å². The third-order valence-electron chi connectivity index (χ3n) is 3.55. The lowest BCUT2D eigenvalue weighted by Gasteiger charge is -2.05. The fraction of sp³-hybridized carbons (Fsp3) is 0.312. The number of hydrogen-bond acceptors (Lipinski definition) is 3. The Kier molecular flexibility index (Phi) is 2.90. The highest BCUT2D eigenvalue weighted by atomic mass is 16.5. The van der Waals surface area contributed by atoms with Crippen molar-refractivity contribution in [1.29, 1.82) is 0 Å². The summed E-state index contributed by atoms with van der Waals surface area (Å²) < 4.78 is 10.8. The highest BCUT2D eigenvalue weighted by Gasteiger charge is 2.46. The third-order valence-corrected chi connectivity index (χ3v) is 3.55. The van der Waals surface area contributed by atoms with Crippen molar-refractivity contribution in [3.63, 3.8) is 0 Å². The van der Waals surface area contributed by atoms with Crippen molar-refractivity contribution < 1.29 is 13.9 Å². The highest BCUT2D eigenvalue weighted by Crippen LogP contribution is 2.46. The van der Waals surface area contributed by atoms with Gasteiger partial charge in [0, 0.05) is 12.5 Å². The summed E-state index contributed by atoms with van der Waals surface area (Å²) in [5.74, 6) is 1.15. The molecular weight excluding hydrogens is 240 g/mol. The number of benzene rings is 1. The van der Waals surface area contributed by atoms with Crippen LogP contribution in [0.4, 0.5) is 0 Å². The van der Waals surface area contributed by atoms with Gasteiger partial charge >= 0.3 is 5.97 Å². The van der Waals surface area contributed by atoms with E-state index in [1.807, 2.05) is 37.3 Å². The molecule has 0 aliphatic heterocycles. The molecule has 1 aliphatic rings. The van der Waals surface area contributed by atoms with E-state index in [0.717, 1.165) is 18.6 Å². The van der Waals surface area contributed by atoms with Gasteiger partial charge in [0.1, 0.15) is 12.0 Å². The molecule has 0 amide bonds. The van der Waals surface area contributed by atoms with Crippen LogP contribution in [0.5, 0.6) is 5.75 Å². The van der Waals surface area contributed by atoms with Crippen molar-refractivity contribution in [3.05, 3.63) is 54.0 Å². The molecule has 0 N–H and O–H groups in total. The molecule has 98 valence electrons. The van der Waals surface area contributed by atoms with Gasteiger partial charge in [-0.2, -0.15) is 0 Å². The number of carbonyl (C=O) groups excluding carboxylic acids is 1. The zero-order chi connectivity index (χ0) is 13.3. The highest BCUT2D eigenvalue weighted by molar-refractivity contribution is 5.81. The van der Waals surface area contributed by atoms with Gasteiger partial charge in [-0.1, -0.05) is 30.3 Å². The summed E-state index contributed by atoms with van der Waals surface area (Å²) in [6, 6.07) is 11.8. The summed E-state index contributed by atoms with van der Waals surface area (Å²) >= 11 is 0. The molecule has 0 radical (unpaired) electrons. The lowest BCUT2D eigenvalue weighted by molar-refractivity contribution is -0.139. The summed E-state index contributed by atoms with van der Waals surface area (Å²) in [5.41, 5.74) is 0.903. The Morgan fingerprint density at radius 1 is 1.32 bits per heavy atom. The maximum atomic E-state index is 11.8. The third kappa shape index (κ3) is 2.70. The zero-order valence-electron chi connectivity index (χ0n) is 10.9. The molecule has 1 heterocycles. The first-order valence-corrected chi connectivity index (χ1v) is 6.49. The smallest absolute Gasteiger partial charge is 0.317 e. The number of hydrogen-bond donors (Lipinski definition) is 0. The molecule has 1 fully saturated rings. The van der Waals surface area contributed by atoms with Crippen LogP contribution in [-0.4, -0.2) is 5.97 Å². The second-order valence-corrected chi connectivity index (χ2v) is 5.36. The van der Waals surface area contributed by atoms with E-state index in [1.165, 1.54) is 11.8 Å². The first-order chi connectivity index (χ1) is 9.16. The maximum absolute atomic E-state index is 11.8. The lowest BCUT2D eigenvalue weighted by Crippen LogP contribution is -2.18. The summed E-state index contributed by atoms with van der Waals surface area (Å²) in [6.07, 6.45) is 4.04. The van der Waals surface area contributed by atoms with Gasteiger partial charge in [-0.05, 0) is 25.3 Å². The average Bonchev–Trinajstić information content (AvgIpc) is 3.02. The summed E-state index contributed by atoms with van der Waals surface area (Å²) in [6.45, 7) is 1.93. The molecule has 0 unspecified atom stereocenters. The van der Waals surface area contributed by atoms with Crippen molar-refractivity contribution in [1.82, 2.24) is 0 Å². The molecule has 1 saturated carbocycles. The van der Waals surface area contributed by atoms with Crippen molar-refractivity contribution in [2.24, 2.45) is 5.41 Å². The van der Waals surface area contributed by atoms with E-state index in [1.54, 1.807) is 6.07 Å². The Labute approximate surface area is 112 Å². The molecule has 3 nitrogen and oxygen atoms in total. The predicted molar refractivity (Wildman–Crippen MR) is 70.9 cm³/mol. The molecule has 0 bridgehead atoms. The number of rotatable bonds is 4. The van der Waals surface area contributed by atoms with E-state index >= 15 is 0 Å². The molecule has 3 rings (SSSR count).